The van der Waals surface area contributed by atoms with Crippen molar-refractivity contribution < 1.29 is 57.3 Å². The molecule has 4 aromatic rings. The first-order valence-corrected chi connectivity index (χ1v) is 27.5. The fourth-order valence-corrected chi connectivity index (χ4v) is 13.9. The molecule has 8 amide bonds. The van der Waals surface area contributed by atoms with Gasteiger partial charge in [0.15, 0.2) is 0 Å². The summed E-state index contributed by atoms with van der Waals surface area (Å²) in [6, 6.07) is 13.8. The molecule has 4 aromatic carbocycles. The Morgan fingerprint density at radius 2 is 0.425 bits per heavy atom. The number of urea groups is 4. The van der Waals surface area contributed by atoms with E-state index < -0.39 is 70.7 Å². The maximum absolute atomic E-state index is 14.6. The summed E-state index contributed by atoms with van der Waals surface area (Å²) in [5, 5.41) is 0. The predicted octanol–water partition coefficient (Wildman–Crippen LogP) is 7.28. The number of esters is 4. The molecule has 0 atom stereocenters. The Morgan fingerprint density at radius 3 is 0.537 bits per heavy atom. The van der Waals surface area contributed by atoms with E-state index in [1.54, 1.807) is 27.7 Å². The van der Waals surface area contributed by atoms with Crippen LogP contribution >= 0.6 is 0 Å². The molecule has 0 aromatic heterocycles. The molecule has 0 N–H and O–H groups in total. The highest BCUT2D eigenvalue weighted by Crippen LogP contribution is 2.59. The van der Waals surface area contributed by atoms with Crippen LogP contribution in [0.3, 0.4) is 0 Å². The fourth-order valence-electron chi connectivity index (χ4n) is 13.9. The number of fused-ring (bicyclic) bond motifs is 4. The molecule has 4 saturated heterocycles. The number of carbonyl (C=O) groups is 8. The van der Waals surface area contributed by atoms with Crippen molar-refractivity contribution in [3.05, 3.63) is 138 Å². The zero-order valence-corrected chi connectivity index (χ0v) is 47.6. The van der Waals surface area contributed by atoms with Crippen LogP contribution in [0.4, 0.5) is 19.2 Å². The van der Waals surface area contributed by atoms with Gasteiger partial charge in [-0.3, -0.25) is 39.2 Å². The molecule has 20 heteroatoms. The molecule has 0 radical (unpaired) electrons. The largest absolute Gasteiger partial charge is 0.463 e. The summed E-state index contributed by atoms with van der Waals surface area (Å²) >= 11 is 0. The van der Waals surface area contributed by atoms with Gasteiger partial charge in [0.1, 0.15) is 0 Å². The minimum Gasteiger partial charge on any atom is -0.463 e. The van der Waals surface area contributed by atoms with Crippen LogP contribution in [0, 0.1) is 55.4 Å². The van der Waals surface area contributed by atoms with Crippen molar-refractivity contribution in [2.24, 2.45) is 0 Å². The monoisotopic (exact) mass is 1090 g/mol. The van der Waals surface area contributed by atoms with Gasteiger partial charge in [-0.15, -0.1) is 0 Å². The summed E-state index contributed by atoms with van der Waals surface area (Å²) in [6.07, 6.45) is 0. The summed E-state index contributed by atoms with van der Waals surface area (Å²) in [4.78, 5) is 127. The minimum atomic E-state index is -2.09. The Bertz CT molecular complexity index is 2840. The van der Waals surface area contributed by atoms with E-state index >= 15 is 0 Å². The number of rotatable bonds is 8. The zero-order valence-electron chi connectivity index (χ0n) is 47.6. The third-order valence-corrected chi connectivity index (χ3v) is 18.1. The summed E-state index contributed by atoms with van der Waals surface area (Å²) in [5.74, 6) is -3.30. The van der Waals surface area contributed by atoms with Crippen molar-refractivity contribution in [3.63, 3.8) is 0 Å². The van der Waals surface area contributed by atoms with Gasteiger partial charge >= 0.3 is 48.0 Å². The number of ether oxygens (including phenoxy) is 4. The highest BCUT2D eigenvalue weighted by atomic mass is 16.6. The van der Waals surface area contributed by atoms with Crippen LogP contribution in [0.2, 0.25) is 0 Å². The Hall–Kier alpha value is -8.16. The third kappa shape index (κ3) is 6.73. The number of aryl methyl sites for hydroxylation is 8. The number of benzene rings is 4. The number of nitrogens with zero attached hydrogens (tertiary/aromatic N) is 8. The fraction of sp³-hybridized carbons (Fsp3) is 0.467. The van der Waals surface area contributed by atoms with Crippen LogP contribution in [0.1, 0.15) is 117 Å². The molecule has 8 aliphatic rings. The van der Waals surface area contributed by atoms with E-state index in [-0.39, 0.29) is 78.8 Å². The first-order valence-electron chi connectivity index (χ1n) is 27.5. The number of carbonyl (C=O) groups excluding carboxylic acids is 8. The second-order valence-corrected chi connectivity index (χ2v) is 22.2. The molecule has 0 spiro atoms. The van der Waals surface area contributed by atoms with Crippen LogP contribution < -0.4 is 0 Å². The van der Waals surface area contributed by atoms with Crippen LogP contribution in [0.25, 0.3) is 0 Å². The standard InChI is InChI=1S/2C30H34N4O6/c2*1-7-39-25(35)29-30(26(36)40-8-2)33-15-23-11-19(5)20(6)12-24(23)16-34(30)28(38)32(29)14-22-10-18(4)17(3)9-21(22)13-31(29)27(33)37/h2*9-12H,7-8,13-16H2,1-6H3. The van der Waals surface area contributed by atoms with Crippen molar-refractivity contribution >= 4 is 48.0 Å². The molecule has 0 saturated carbocycles. The Kier molecular flexibility index (Phi) is 12.6. The number of hydrogen-bond donors (Lipinski definition) is 0. The minimum absolute atomic E-state index is 0.00727. The highest BCUT2D eigenvalue weighted by Gasteiger charge is 2.89. The van der Waals surface area contributed by atoms with Gasteiger partial charge in [0, 0.05) is 0 Å². The molecule has 0 bridgehead atoms. The number of hydrogen-bond acceptors (Lipinski definition) is 12. The Morgan fingerprint density at radius 1 is 0.300 bits per heavy atom. The van der Waals surface area contributed by atoms with Gasteiger partial charge in [-0.25, -0.2) is 38.4 Å². The van der Waals surface area contributed by atoms with Crippen LogP contribution in [0.15, 0.2) is 48.5 Å². The lowest BCUT2D eigenvalue weighted by Crippen LogP contribution is -2.75. The molecular weight excluding hydrogens is 1020 g/mol. The van der Waals surface area contributed by atoms with E-state index in [4.69, 9.17) is 18.9 Å². The van der Waals surface area contributed by atoms with Crippen molar-refractivity contribution in [1.82, 2.24) is 39.2 Å². The van der Waals surface area contributed by atoms with Crippen LogP contribution in [-0.4, -0.2) is 136 Å². The molecule has 0 aliphatic carbocycles. The van der Waals surface area contributed by atoms with Gasteiger partial charge in [-0.05, 0) is 172 Å². The first kappa shape index (κ1) is 53.8. The summed E-state index contributed by atoms with van der Waals surface area (Å²) < 4.78 is 22.6. The average molecular weight is 1090 g/mol. The summed E-state index contributed by atoms with van der Waals surface area (Å²) in [5.41, 5.74) is 6.41. The topological polar surface area (TPSA) is 199 Å². The van der Waals surface area contributed by atoms with Crippen molar-refractivity contribution in [3.8, 4) is 0 Å². The Labute approximate surface area is 465 Å². The van der Waals surface area contributed by atoms with Crippen LogP contribution in [0.5, 0.6) is 0 Å². The normalized spacial score (nSPS) is 24.4. The van der Waals surface area contributed by atoms with Gasteiger partial charge in [-0.1, -0.05) is 48.5 Å². The predicted molar refractivity (Wildman–Crippen MR) is 287 cm³/mol. The second kappa shape index (κ2) is 18.7. The lowest BCUT2D eigenvalue weighted by atomic mass is 9.90. The SMILES string of the molecule is CCOC(=O)C12N3Cc4cc(C)c(C)cc4CN1C(=O)N1Cc4cc(C)c(C)cc4CN(C3=O)C12C(=O)OCC.CCOC(=O)C12N3Cc4cc(C)c(C)cc4CN1C(=O)N1Cc4cc(C)c(C)cc4CN(C3=O)C12C(=O)OCC. The lowest BCUT2D eigenvalue weighted by molar-refractivity contribution is -0.191. The van der Waals surface area contributed by atoms with Gasteiger partial charge in [-0.2, -0.15) is 0 Å². The van der Waals surface area contributed by atoms with E-state index in [0.29, 0.717) is 0 Å². The van der Waals surface area contributed by atoms with Gasteiger partial charge < -0.3 is 18.9 Å². The maximum Gasteiger partial charge on any atom is 0.358 e. The van der Waals surface area contributed by atoms with E-state index in [0.717, 1.165) is 89.0 Å². The quantitative estimate of drug-likeness (QED) is 0.126. The van der Waals surface area contributed by atoms with E-state index in [9.17, 15) is 38.4 Å². The van der Waals surface area contributed by atoms with Gasteiger partial charge in [0.2, 0.25) is 0 Å². The second-order valence-electron chi connectivity index (χ2n) is 22.2. The average Bonchev–Trinajstić information content (AvgIpc) is 2.74. The Balaban J connectivity index is 0.000000169. The summed E-state index contributed by atoms with van der Waals surface area (Å²) in [6.45, 7) is 22.8. The van der Waals surface area contributed by atoms with Gasteiger partial charge in [0.25, 0.3) is 22.7 Å². The smallest absolute Gasteiger partial charge is 0.358 e. The molecule has 80 heavy (non-hydrogen) atoms. The van der Waals surface area contributed by atoms with Crippen molar-refractivity contribution in [1.29, 1.82) is 0 Å². The number of amides is 8. The molecule has 0 unspecified atom stereocenters. The van der Waals surface area contributed by atoms with E-state index in [1.807, 2.05) is 104 Å². The van der Waals surface area contributed by atoms with Crippen molar-refractivity contribution in [2.75, 3.05) is 26.4 Å². The highest BCUT2D eigenvalue weighted by molar-refractivity contribution is 6.11. The molecule has 8 heterocycles. The van der Waals surface area contributed by atoms with Crippen LogP contribution in [-0.2, 0) is 90.5 Å². The van der Waals surface area contributed by atoms with E-state index in [2.05, 4.69) is 0 Å². The molecule has 8 aliphatic heterocycles. The molecule has 420 valence electrons. The zero-order chi connectivity index (χ0) is 57.4. The molecule has 12 rings (SSSR count). The lowest BCUT2D eigenvalue weighted by Gasteiger charge is -2.43. The molecular formula is C60H68N8O12. The maximum atomic E-state index is 14.6. The van der Waals surface area contributed by atoms with E-state index in [1.165, 1.54) is 39.2 Å². The summed E-state index contributed by atoms with van der Waals surface area (Å²) in [7, 11) is 0. The molecule has 20 nitrogen and oxygen atoms in total. The third-order valence-electron chi connectivity index (χ3n) is 18.1. The van der Waals surface area contributed by atoms with Gasteiger partial charge in [0.05, 0.1) is 78.8 Å². The van der Waals surface area contributed by atoms with Crippen molar-refractivity contribution in [2.45, 2.75) is 158 Å². The first-order chi connectivity index (χ1) is 38.1. The molecule has 4 fully saturated rings.